The molecular formula is C19H24N4O3. The molecule has 0 aliphatic carbocycles. The average Bonchev–Trinajstić information content (AvgIpc) is 3.36. The number of amides is 2. The van der Waals surface area contributed by atoms with Crippen molar-refractivity contribution in [3.8, 4) is 5.75 Å². The first-order valence-electron chi connectivity index (χ1n) is 8.86. The van der Waals surface area contributed by atoms with Crippen LogP contribution in [0.25, 0.3) is 0 Å². The molecule has 0 bridgehead atoms. The third-order valence-electron chi connectivity index (χ3n) is 4.66. The highest BCUT2D eigenvalue weighted by Crippen LogP contribution is 2.21. The molecule has 2 heterocycles. The molecule has 1 fully saturated rings. The molecule has 0 radical (unpaired) electrons. The second kappa shape index (κ2) is 8.51. The van der Waals surface area contributed by atoms with E-state index in [9.17, 15) is 9.59 Å². The summed E-state index contributed by atoms with van der Waals surface area (Å²) in [6, 6.07) is 7.10. The summed E-state index contributed by atoms with van der Waals surface area (Å²) in [4.78, 5) is 26.7. The lowest BCUT2D eigenvalue weighted by molar-refractivity contribution is -0.124. The van der Waals surface area contributed by atoms with Gasteiger partial charge in [0, 0.05) is 31.4 Å². The van der Waals surface area contributed by atoms with Crippen LogP contribution in [0.15, 0.2) is 36.7 Å². The van der Waals surface area contributed by atoms with Crippen LogP contribution >= 0.6 is 0 Å². The van der Waals surface area contributed by atoms with Crippen LogP contribution in [0, 0.1) is 5.92 Å². The van der Waals surface area contributed by atoms with E-state index in [-0.39, 0.29) is 17.7 Å². The number of nitrogens with zero attached hydrogens (tertiary/aromatic N) is 2. The van der Waals surface area contributed by atoms with E-state index in [1.807, 2.05) is 6.20 Å². The number of aryl methyl sites for hydroxylation is 1. The summed E-state index contributed by atoms with van der Waals surface area (Å²) in [5.41, 5.74) is 1.72. The molecule has 0 unspecified atom stereocenters. The van der Waals surface area contributed by atoms with E-state index in [0.29, 0.717) is 37.4 Å². The van der Waals surface area contributed by atoms with Gasteiger partial charge in [0.2, 0.25) is 5.91 Å². The van der Waals surface area contributed by atoms with Crippen molar-refractivity contribution in [2.75, 3.05) is 26.7 Å². The molecule has 0 saturated carbocycles. The lowest BCUT2D eigenvalue weighted by Crippen LogP contribution is -2.35. The van der Waals surface area contributed by atoms with E-state index in [1.54, 1.807) is 42.5 Å². The Morgan fingerprint density at radius 3 is 3.08 bits per heavy atom. The molecule has 26 heavy (non-hydrogen) atoms. The first kappa shape index (κ1) is 18.0. The molecule has 2 amide bonds. The van der Waals surface area contributed by atoms with Crippen LogP contribution in [-0.2, 0) is 11.2 Å². The molecule has 2 N–H and O–H groups in total. The highest BCUT2D eigenvalue weighted by Gasteiger charge is 2.31. The van der Waals surface area contributed by atoms with Crippen molar-refractivity contribution < 1.29 is 14.3 Å². The van der Waals surface area contributed by atoms with Gasteiger partial charge in [0.1, 0.15) is 5.75 Å². The highest BCUT2D eigenvalue weighted by atomic mass is 16.5. The van der Waals surface area contributed by atoms with Gasteiger partial charge >= 0.3 is 0 Å². The molecule has 1 aromatic carbocycles. The third kappa shape index (κ3) is 4.41. The van der Waals surface area contributed by atoms with Gasteiger partial charge in [-0.1, -0.05) is 6.07 Å². The van der Waals surface area contributed by atoms with E-state index in [4.69, 9.17) is 4.74 Å². The third-order valence-corrected chi connectivity index (χ3v) is 4.66. The molecule has 1 aliphatic heterocycles. The standard InChI is InChI=1S/C19H24N4O3/c1-26-17-6-2-5-15(10-17)19(25)23-9-7-16(13-23)18(24)20-8-3-4-14-11-21-22-12-14/h2,5-6,10-12,16H,3-4,7-9,13H2,1H3,(H,20,24)(H,21,22)/t16-/m0/s1. The minimum Gasteiger partial charge on any atom is -0.497 e. The van der Waals surface area contributed by atoms with Crippen molar-refractivity contribution in [3.05, 3.63) is 47.8 Å². The van der Waals surface area contributed by atoms with E-state index >= 15 is 0 Å². The zero-order valence-corrected chi connectivity index (χ0v) is 14.9. The van der Waals surface area contributed by atoms with E-state index in [0.717, 1.165) is 18.4 Å². The maximum absolute atomic E-state index is 12.6. The summed E-state index contributed by atoms with van der Waals surface area (Å²) in [5.74, 6) is 0.484. The number of hydrogen-bond acceptors (Lipinski definition) is 4. The SMILES string of the molecule is COc1cccc(C(=O)N2CC[C@H](C(=O)NCCCc3cn[nH]c3)C2)c1. The van der Waals surface area contributed by atoms with Gasteiger partial charge in [-0.15, -0.1) is 0 Å². The van der Waals surface area contributed by atoms with Gasteiger partial charge in [-0.2, -0.15) is 5.10 Å². The quantitative estimate of drug-likeness (QED) is 0.738. The van der Waals surface area contributed by atoms with Gasteiger partial charge in [0.25, 0.3) is 5.91 Å². The van der Waals surface area contributed by atoms with Crippen LogP contribution in [-0.4, -0.2) is 53.7 Å². The molecule has 2 aromatic rings. The summed E-state index contributed by atoms with van der Waals surface area (Å²) in [7, 11) is 1.58. The largest absolute Gasteiger partial charge is 0.497 e. The monoisotopic (exact) mass is 356 g/mol. The van der Waals surface area contributed by atoms with Crippen molar-refractivity contribution in [2.45, 2.75) is 19.3 Å². The predicted molar refractivity (Wildman–Crippen MR) is 96.9 cm³/mol. The number of rotatable bonds is 7. The average molecular weight is 356 g/mol. The summed E-state index contributed by atoms with van der Waals surface area (Å²) in [6.45, 7) is 1.69. The van der Waals surface area contributed by atoms with E-state index in [1.165, 1.54) is 0 Å². The first-order chi connectivity index (χ1) is 12.7. The summed E-state index contributed by atoms with van der Waals surface area (Å²) >= 11 is 0. The van der Waals surface area contributed by atoms with Gasteiger partial charge in [-0.3, -0.25) is 14.7 Å². The molecule has 138 valence electrons. The molecule has 3 rings (SSSR count). The Balaban J connectivity index is 1.45. The van der Waals surface area contributed by atoms with Gasteiger partial charge < -0.3 is 15.0 Å². The normalized spacial score (nSPS) is 16.5. The number of H-pyrrole nitrogens is 1. The lowest BCUT2D eigenvalue weighted by Gasteiger charge is -2.17. The van der Waals surface area contributed by atoms with Crippen LogP contribution in [0.5, 0.6) is 5.75 Å². The van der Waals surface area contributed by atoms with Crippen LogP contribution in [0.2, 0.25) is 0 Å². The van der Waals surface area contributed by atoms with Crippen molar-refractivity contribution >= 4 is 11.8 Å². The topological polar surface area (TPSA) is 87.3 Å². The summed E-state index contributed by atoms with van der Waals surface area (Å²) in [6.07, 6.45) is 6.09. The fourth-order valence-corrected chi connectivity index (χ4v) is 3.16. The first-order valence-corrected chi connectivity index (χ1v) is 8.86. The Bertz CT molecular complexity index is 745. The van der Waals surface area contributed by atoms with Crippen molar-refractivity contribution in [1.82, 2.24) is 20.4 Å². The zero-order valence-electron chi connectivity index (χ0n) is 14.9. The Kier molecular flexibility index (Phi) is 5.88. The van der Waals surface area contributed by atoms with Crippen LogP contribution in [0.1, 0.15) is 28.8 Å². The van der Waals surface area contributed by atoms with Crippen LogP contribution < -0.4 is 10.1 Å². The number of hydrogen-bond donors (Lipinski definition) is 2. The highest BCUT2D eigenvalue weighted by molar-refractivity contribution is 5.95. The number of benzene rings is 1. The molecule has 1 atom stereocenters. The fraction of sp³-hybridized carbons (Fsp3) is 0.421. The Labute approximate surface area is 152 Å². The minimum absolute atomic E-state index is 0.0261. The second-order valence-electron chi connectivity index (χ2n) is 6.47. The van der Waals surface area contributed by atoms with Crippen LogP contribution in [0.3, 0.4) is 0 Å². The number of aromatic nitrogens is 2. The molecule has 1 saturated heterocycles. The Morgan fingerprint density at radius 2 is 2.31 bits per heavy atom. The molecule has 1 aliphatic rings. The Hall–Kier alpha value is -2.83. The number of methoxy groups -OCH3 is 1. The molecule has 1 aromatic heterocycles. The number of nitrogens with one attached hydrogen (secondary N) is 2. The van der Waals surface area contributed by atoms with Gasteiger partial charge in [-0.05, 0) is 43.0 Å². The zero-order chi connectivity index (χ0) is 18.4. The minimum atomic E-state index is -0.140. The van der Waals surface area contributed by atoms with Crippen LogP contribution in [0.4, 0.5) is 0 Å². The molecule has 0 spiro atoms. The van der Waals surface area contributed by atoms with Gasteiger partial charge in [-0.25, -0.2) is 0 Å². The lowest BCUT2D eigenvalue weighted by atomic mass is 10.1. The smallest absolute Gasteiger partial charge is 0.254 e. The summed E-state index contributed by atoms with van der Waals surface area (Å²) < 4.78 is 5.17. The Morgan fingerprint density at radius 1 is 1.42 bits per heavy atom. The summed E-state index contributed by atoms with van der Waals surface area (Å²) in [5, 5.41) is 9.66. The molecule has 7 heteroatoms. The number of carbonyl (C=O) groups excluding carboxylic acids is 2. The predicted octanol–water partition coefficient (Wildman–Crippen LogP) is 1.63. The van der Waals surface area contributed by atoms with Gasteiger partial charge in [0.05, 0.1) is 19.2 Å². The fourth-order valence-electron chi connectivity index (χ4n) is 3.16. The maximum atomic E-state index is 12.6. The number of ether oxygens (including phenoxy) is 1. The maximum Gasteiger partial charge on any atom is 0.254 e. The number of likely N-dealkylation sites (tertiary alicyclic amines) is 1. The second-order valence-corrected chi connectivity index (χ2v) is 6.47. The van der Waals surface area contributed by atoms with E-state index in [2.05, 4.69) is 15.5 Å². The van der Waals surface area contributed by atoms with Crippen molar-refractivity contribution in [2.24, 2.45) is 5.92 Å². The molecule has 7 nitrogen and oxygen atoms in total. The van der Waals surface area contributed by atoms with Gasteiger partial charge in [0.15, 0.2) is 0 Å². The van der Waals surface area contributed by atoms with Crippen molar-refractivity contribution in [1.29, 1.82) is 0 Å². The number of aromatic amines is 1. The molecular weight excluding hydrogens is 332 g/mol. The van der Waals surface area contributed by atoms with E-state index < -0.39 is 0 Å². The van der Waals surface area contributed by atoms with Crippen molar-refractivity contribution in [3.63, 3.8) is 0 Å². The number of carbonyl (C=O) groups is 2.